The van der Waals surface area contributed by atoms with Gasteiger partial charge in [-0.05, 0) is 59.5 Å². The van der Waals surface area contributed by atoms with Crippen molar-refractivity contribution < 1.29 is 9.13 Å². The van der Waals surface area contributed by atoms with Gasteiger partial charge in [-0.15, -0.1) is 0 Å². The molecule has 0 fully saturated rings. The van der Waals surface area contributed by atoms with Crippen LogP contribution in [0.3, 0.4) is 0 Å². The van der Waals surface area contributed by atoms with E-state index in [0.29, 0.717) is 12.1 Å². The molecule has 0 amide bonds. The third-order valence-electron chi connectivity index (χ3n) is 4.54. The van der Waals surface area contributed by atoms with Crippen LogP contribution >= 0.6 is 0 Å². The van der Waals surface area contributed by atoms with E-state index in [4.69, 9.17) is 10.5 Å². The molecule has 0 unspecified atom stereocenters. The average Bonchev–Trinajstić information content (AvgIpc) is 3.06. The van der Waals surface area contributed by atoms with Gasteiger partial charge >= 0.3 is 5.69 Å². The molecule has 0 saturated heterocycles. The topological polar surface area (TPSA) is 100 Å². The minimum Gasteiger partial charge on any atom is -0.474 e. The number of rotatable bonds is 7. The first kappa shape index (κ1) is 20.2. The lowest BCUT2D eigenvalue weighted by atomic mass is 9.93. The Hall–Kier alpha value is -3.49. The van der Waals surface area contributed by atoms with Crippen molar-refractivity contribution in [3.63, 3.8) is 0 Å². The minimum absolute atomic E-state index is 0.176. The fourth-order valence-electron chi connectivity index (χ4n) is 3.02. The fraction of sp³-hybridized carbons (Fsp3) is 0.300. The predicted octanol–water partition coefficient (Wildman–Crippen LogP) is 2.68. The predicted molar refractivity (Wildman–Crippen MR) is 109 cm³/mol. The number of aromatic nitrogens is 4. The molecular formula is C20H23FN6O2. The Balaban J connectivity index is 1.76. The number of benzene rings is 1. The molecular weight excluding hydrogens is 375 g/mol. The lowest BCUT2D eigenvalue weighted by Gasteiger charge is -2.21. The highest BCUT2D eigenvalue weighted by Crippen LogP contribution is 2.29. The van der Waals surface area contributed by atoms with Crippen molar-refractivity contribution in [2.45, 2.75) is 26.2 Å². The second kappa shape index (κ2) is 9.13. The lowest BCUT2D eigenvalue weighted by Crippen LogP contribution is -2.25. The van der Waals surface area contributed by atoms with Crippen LogP contribution in [0.1, 0.15) is 26.2 Å². The van der Waals surface area contributed by atoms with E-state index in [9.17, 15) is 9.18 Å². The van der Waals surface area contributed by atoms with Crippen molar-refractivity contribution >= 4 is 17.6 Å². The van der Waals surface area contributed by atoms with Crippen LogP contribution in [-0.2, 0) is 11.8 Å². The van der Waals surface area contributed by atoms with Gasteiger partial charge in [0.15, 0.2) is 5.88 Å². The Labute approximate surface area is 167 Å². The number of aryl methyl sites for hydroxylation is 1. The van der Waals surface area contributed by atoms with Crippen molar-refractivity contribution in [3.05, 3.63) is 69.7 Å². The van der Waals surface area contributed by atoms with Gasteiger partial charge in [0, 0.05) is 24.9 Å². The summed E-state index contributed by atoms with van der Waals surface area (Å²) in [6.45, 7) is 2.24. The van der Waals surface area contributed by atoms with Crippen LogP contribution in [0.2, 0.25) is 0 Å². The number of nitrogens with two attached hydrogens (primary N) is 1. The van der Waals surface area contributed by atoms with Crippen LogP contribution in [0.15, 0.2) is 63.2 Å². The van der Waals surface area contributed by atoms with Gasteiger partial charge in [-0.2, -0.15) is 9.36 Å². The first-order valence-corrected chi connectivity index (χ1v) is 9.28. The van der Waals surface area contributed by atoms with Gasteiger partial charge < -0.3 is 10.5 Å². The average molecular weight is 398 g/mol. The summed E-state index contributed by atoms with van der Waals surface area (Å²) in [4.78, 5) is 16.4. The quantitative estimate of drug-likeness (QED) is 0.571. The van der Waals surface area contributed by atoms with Crippen LogP contribution in [0.5, 0.6) is 0 Å². The summed E-state index contributed by atoms with van der Waals surface area (Å²) in [6.07, 6.45) is 7.43. The van der Waals surface area contributed by atoms with Gasteiger partial charge in [0.25, 0.3) is 0 Å². The highest BCUT2D eigenvalue weighted by atomic mass is 19.1. The van der Waals surface area contributed by atoms with Crippen molar-refractivity contribution in [1.82, 2.24) is 19.8 Å². The third-order valence-corrected chi connectivity index (χ3v) is 4.54. The SMILES string of the molecule is CCC1=CCCC(n2nnn(C)c2=O)=C1COC(N)=CC=Nc1ccc(F)cc1. The molecule has 1 aromatic carbocycles. The van der Waals surface area contributed by atoms with Crippen LogP contribution in [0, 0.1) is 5.82 Å². The molecule has 9 heteroatoms. The molecule has 2 N–H and O–H groups in total. The molecule has 0 saturated carbocycles. The Morgan fingerprint density at radius 1 is 1.34 bits per heavy atom. The van der Waals surface area contributed by atoms with Gasteiger partial charge in [-0.3, -0.25) is 4.99 Å². The monoisotopic (exact) mass is 398 g/mol. The second-order valence-electron chi connectivity index (χ2n) is 6.46. The number of tetrazole rings is 1. The van der Waals surface area contributed by atoms with Crippen LogP contribution in [-0.4, -0.2) is 32.6 Å². The Morgan fingerprint density at radius 3 is 2.76 bits per heavy atom. The van der Waals surface area contributed by atoms with Crippen LogP contribution in [0.25, 0.3) is 5.70 Å². The van der Waals surface area contributed by atoms with Gasteiger partial charge in [-0.25, -0.2) is 9.18 Å². The zero-order valence-electron chi connectivity index (χ0n) is 16.4. The molecule has 152 valence electrons. The maximum Gasteiger partial charge on any atom is 0.367 e. The summed E-state index contributed by atoms with van der Waals surface area (Å²) in [7, 11) is 1.56. The van der Waals surface area contributed by atoms with E-state index >= 15 is 0 Å². The van der Waals surface area contributed by atoms with E-state index < -0.39 is 0 Å². The first-order valence-electron chi connectivity index (χ1n) is 9.28. The molecule has 29 heavy (non-hydrogen) atoms. The maximum absolute atomic E-state index is 12.9. The third kappa shape index (κ3) is 4.87. The summed E-state index contributed by atoms with van der Waals surface area (Å²) < 4.78 is 21.1. The van der Waals surface area contributed by atoms with Crippen LogP contribution in [0.4, 0.5) is 10.1 Å². The minimum atomic E-state index is -0.319. The smallest absolute Gasteiger partial charge is 0.367 e. The molecule has 0 radical (unpaired) electrons. The van der Waals surface area contributed by atoms with E-state index in [1.807, 2.05) is 6.92 Å². The van der Waals surface area contributed by atoms with E-state index in [-0.39, 0.29) is 24.0 Å². The zero-order chi connectivity index (χ0) is 20.8. The van der Waals surface area contributed by atoms with Crippen molar-refractivity contribution in [3.8, 4) is 0 Å². The van der Waals surface area contributed by atoms with Crippen molar-refractivity contribution in [2.75, 3.05) is 6.61 Å². The molecule has 0 aliphatic heterocycles. The van der Waals surface area contributed by atoms with Gasteiger partial charge in [0.2, 0.25) is 0 Å². The zero-order valence-corrected chi connectivity index (χ0v) is 16.4. The highest BCUT2D eigenvalue weighted by molar-refractivity contribution is 5.74. The summed E-state index contributed by atoms with van der Waals surface area (Å²) >= 11 is 0. The molecule has 8 nitrogen and oxygen atoms in total. The highest BCUT2D eigenvalue weighted by Gasteiger charge is 2.20. The Morgan fingerprint density at radius 2 is 2.10 bits per heavy atom. The lowest BCUT2D eigenvalue weighted by molar-refractivity contribution is 0.237. The van der Waals surface area contributed by atoms with Gasteiger partial charge in [-0.1, -0.05) is 13.0 Å². The first-order chi connectivity index (χ1) is 14.0. The number of halogens is 1. The number of ether oxygens (including phenoxy) is 1. The molecule has 3 rings (SSSR count). The number of allylic oxidation sites excluding steroid dienone is 3. The van der Waals surface area contributed by atoms with Crippen LogP contribution < -0.4 is 11.4 Å². The van der Waals surface area contributed by atoms with E-state index in [1.54, 1.807) is 19.2 Å². The van der Waals surface area contributed by atoms with E-state index in [2.05, 4.69) is 21.5 Å². The molecule has 1 aliphatic rings. The van der Waals surface area contributed by atoms with Crippen molar-refractivity contribution in [1.29, 1.82) is 0 Å². The summed E-state index contributed by atoms with van der Waals surface area (Å²) in [5.74, 6) is -0.142. The second-order valence-corrected chi connectivity index (χ2v) is 6.46. The summed E-state index contributed by atoms with van der Waals surface area (Å²) in [6, 6.07) is 5.79. The Bertz CT molecular complexity index is 1040. The number of hydrogen-bond donors (Lipinski definition) is 1. The standard InChI is InChI=1S/C20H23FN6O2/c1-3-14-5-4-6-18(27-20(28)26(2)24-25-27)17(14)13-29-19(22)11-12-23-16-9-7-15(21)8-10-16/h5,7-12H,3-4,6,13,22H2,1-2H3. The summed E-state index contributed by atoms with van der Waals surface area (Å²) in [5.41, 5.74) is 8.98. The number of hydrogen-bond acceptors (Lipinski definition) is 6. The Kier molecular flexibility index (Phi) is 6.38. The maximum atomic E-state index is 12.9. The molecule has 0 spiro atoms. The molecule has 1 heterocycles. The number of aliphatic imine (C=N–C) groups is 1. The van der Waals surface area contributed by atoms with Gasteiger partial charge in [0.1, 0.15) is 12.4 Å². The molecule has 0 bridgehead atoms. The fourth-order valence-corrected chi connectivity index (χ4v) is 3.02. The molecule has 1 aromatic heterocycles. The molecule has 2 aromatic rings. The molecule has 0 atom stereocenters. The largest absolute Gasteiger partial charge is 0.474 e. The normalized spacial score (nSPS) is 15.1. The number of nitrogens with zero attached hydrogens (tertiary/aromatic N) is 5. The van der Waals surface area contributed by atoms with Gasteiger partial charge in [0.05, 0.1) is 11.4 Å². The van der Waals surface area contributed by atoms with E-state index in [1.165, 1.54) is 33.8 Å². The summed E-state index contributed by atoms with van der Waals surface area (Å²) in [5, 5.41) is 7.75. The van der Waals surface area contributed by atoms with Crippen molar-refractivity contribution in [2.24, 2.45) is 17.8 Å². The molecule has 1 aliphatic carbocycles. The van der Waals surface area contributed by atoms with E-state index in [0.717, 1.165) is 29.7 Å².